The molecule has 2 rings (SSSR count). The first-order valence-electron chi connectivity index (χ1n) is 6.91. The minimum atomic E-state index is -3.16. The number of halogens is 2. The smallest absolute Gasteiger partial charge is 0.191 e. The predicted octanol–water partition coefficient (Wildman–Crippen LogP) is 1.81. The molecule has 2 atom stereocenters. The molecule has 1 heterocycles. The van der Waals surface area contributed by atoms with Crippen LogP contribution in [0.25, 0.3) is 0 Å². The summed E-state index contributed by atoms with van der Waals surface area (Å²) < 4.78 is 55.8. The highest BCUT2D eigenvalue weighted by Crippen LogP contribution is 2.27. The van der Waals surface area contributed by atoms with Crippen molar-refractivity contribution < 1.29 is 21.9 Å². The Hall–Kier alpha value is -1.21. The van der Waals surface area contributed by atoms with Gasteiger partial charge in [0.15, 0.2) is 27.2 Å². The van der Waals surface area contributed by atoms with Gasteiger partial charge in [-0.1, -0.05) is 6.92 Å². The van der Waals surface area contributed by atoms with E-state index in [2.05, 4.69) is 0 Å². The molecule has 2 unspecified atom stereocenters. The molecule has 2 N–H and O–H groups in total. The maximum absolute atomic E-state index is 14.0. The fourth-order valence-corrected chi connectivity index (χ4v) is 3.90. The molecule has 0 spiro atoms. The fraction of sp³-hybridized carbons (Fsp3) is 0.571. The Bertz CT molecular complexity index is 596. The van der Waals surface area contributed by atoms with Crippen molar-refractivity contribution in [2.75, 3.05) is 11.5 Å². The Labute approximate surface area is 123 Å². The summed E-state index contributed by atoms with van der Waals surface area (Å²) in [5, 5.41) is 0. The van der Waals surface area contributed by atoms with Gasteiger partial charge in [-0.25, -0.2) is 17.2 Å². The molecule has 0 saturated carbocycles. The first-order chi connectivity index (χ1) is 9.80. The van der Waals surface area contributed by atoms with E-state index in [1.165, 1.54) is 12.1 Å². The van der Waals surface area contributed by atoms with Crippen LogP contribution in [0.5, 0.6) is 5.75 Å². The monoisotopic (exact) mass is 319 g/mol. The first-order valence-corrected chi connectivity index (χ1v) is 8.73. The summed E-state index contributed by atoms with van der Waals surface area (Å²) in [5.74, 6) is -2.36. The highest BCUT2D eigenvalue weighted by molar-refractivity contribution is 7.91. The topological polar surface area (TPSA) is 69.4 Å². The van der Waals surface area contributed by atoms with Crippen molar-refractivity contribution in [3.05, 3.63) is 29.3 Å². The van der Waals surface area contributed by atoms with Crippen molar-refractivity contribution in [1.29, 1.82) is 0 Å². The van der Waals surface area contributed by atoms with Gasteiger partial charge >= 0.3 is 0 Å². The summed E-state index contributed by atoms with van der Waals surface area (Å²) in [6.07, 6.45) is 0.649. The molecular formula is C14H19F2NO3S. The fourth-order valence-electron chi connectivity index (χ4n) is 2.31. The van der Waals surface area contributed by atoms with Crippen molar-refractivity contribution in [3.63, 3.8) is 0 Å². The highest BCUT2D eigenvalue weighted by Gasteiger charge is 2.31. The Morgan fingerprint density at radius 3 is 2.48 bits per heavy atom. The van der Waals surface area contributed by atoms with Crippen LogP contribution in [-0.2, 0) is 16.3 Å². The lowest BCUT2D eigenvalue weighted by molar-refractivity contribution is 0.207. The molecule has 7 heteroatoms. The molecule has 1 aromatic carbocycles. The molecule has 1 aliphatic rings. The van der Waals surface area contributed by atoms with Crippen LogP contribution in [0, 0.1) is 11.6 Å². The standard InChI is InChI=1S/C14H19F2NO3S/c1-2-10(17)5-9-6-12(15)14(13(16)7-9)20-11-3-4-21(18,19)8-11/h6-7,10-11H,2-5,8,17H2,1H3. The van der Waals surface area contributed by atoms with E-state index in [0.29, 0.717) is 18.4 Å². The molecule has 0 amide bonds. The third-order valence-corrected chi connectivity index (χ3v) is 5.29. The molecule has 1 aromatic rings. The number of rotatable bonds is 5. The van der Waals surface area contributed by atoms with E-state index in [-0.39, 0.29) is 24.0 Å². The Morgan fingerprint density at radius 2 is 2.00 bits per heavy atom. The third-order valence-electron chi connectivity index (χ3n) is 3.56. The second-order valence-electron chi connectivity index (χ2n) is 5.40. The summed E-state index contributed by atoms with van der Waals surface area (Å²) in [6, 6.07) is 2.23. The van der Waals surface area contributed by atoms with Crippen molar-refractivity contribution >= 4 is 9.84 Å². The highest BCUT2D eigenvalue weighted by atomic mass is 32.2. The van der Waals surface area contributed by atoms with E-state index in [9.17, 15) is 17.2 Å². The van der Waals surface area contributed by atoms with E-state index in [0.717, 1.165) is 0 Å². The van der Waals surface area contributed by atoms with Crippen LogP contribution in [0.2, 0.25) is 0 Å². The molecule has 1 saturated heterocycles. The van der Waals surface area contributed by atoms with E-state index >= 15 is 0 Å². The summed E-state index contributed by atoms with van der Waals surface area (Å²) in [7, 11) is -3.16. The van der Waals surface area contributed by atoms with Gasteiger partial charge in [0.1, 0.15) is 6.10 Å². The quantitative estimate of drug-likeness (QED) is 0.898. The van der Waals surface area contributed by atoms with Crippen molar-refractivity contribution in [2.24, 2.45) is 5.73 Å². The zero-order valence-electron chi connectivity index (χ0n) is 11.8. The second kappa shape index (κ2) is 6.27. The first kappa shape index (κ1) is 16.2. The number of sulfone groups is 1. The zero-order valence-corrected chi connectivity index (χ0v) is 12.6. The molecule has 1 fully saturated rings. The Balaban J connectivity index is 2.14. The van der Waals surface area contributed by atoms with Gasteiger partial charge in [-0.2, -0.15) is 0 Å². The van der Waals surface area contributed by atoms with Crippen LogP contribution in [0.3, 0.4) is 0 Å². The van der Waals surface area contributed by atoms with Gasteiger partial charge in [0.05, 0.1) is 11.5 Å². The molecule has 0 aliphatic carbocycles. The van der Waals surface area contributed by atoms with Crippen LogP contribution in [0.15, 0.2) is 12.1 Å². The van der Waals surface area contributed by atoms with Crippen molar-refractivity contribution in [1.82, 2.24) is 0 Å². The minimum absolute atomic E-state index is 0.00958. The van der Waals surface area contributed by atoms with Gasteiger partial charge in [0, 0.05) is 6.04 Å². The largest absolute Gasteiger partial charge is 0.483 e. The number of hydrogen-bond acceptors (Lipinski definition) is 4. The number of nitrogens with two attached hydrogens (primary N) is 1. The lowest BCUT2D eigenvalue weighted by Gasteiger charge is -2.15. The third kappa shape index (κ3) is 4.14. The van der Waals surface area contributed by atoms with E-state index in [1.807, 2.05) is 6.92 Å². The van der Waals surface area contributed by atoms with Gasteiger partial charge in [0.25, 0.3) is 0 Å². The van der Waals surface area contributed by atoms with Crippen molar-refractivity contribution in [3.8, 4) is 5.75 Å². The van der Waals surface area contributed by atoms with Crippen LogP contribution >= 0.6 is 0 Å². The average Bonchev–Trinajstić information content (AvgIpc) is 2.73. The number of ether oxygens (including phenoxy) is 1. The van der Waals surface area contributed by atoms with Crippen LogP contribution in [0.4, 0.5) is 8.78 Å². The number of hydrogen-bond donors (Lipinski definition) is 1. The number of benzene rings is 1. The molecule has 1 aliphatic heterocycles. The van der Waals surface area contributed by atoms with Crippen LogP contribution in [-0.4, -0.2) is 32.1 Å². The van der Waals surface area contributed by atoms with Crippen LogP contribution in [0.1, 0.15) is 25.3 Å². The summed E-state index contributed by atoms with van der Waals surface area (Å²) >= 11 is 0. The molecule has 21 heavy (non-hydrogen) atoms. The maximum Gasteiger partial charge on any atom is 0.191 e. The zero-order chi connectivity index (χ0) is 15.6. The molecule has 0 bridgehead atoms. The molecule has 0 radical (unpaired) electrons. The second-order valence-corrected chi connectivity index (χ2v) is 7.63. The summed E-state index contributed by atoms with van der Waals surface area (Å²) in [4.78, 5) is 0. The van der Waals surface area contributed by atoms with Gasteiger partial charge in [-0.15, -0.1) is 0 Å². The van der Waals surface area contributed by atoms with Gasteiger partial charge in [-0.05, 0) is 37.0 Å². The van der Waals surface area contributed by atoms with E-state index in [4.69, 9.17) is 10.5 Å². The molecular weight excluding hydrogens is 300 g/mol. The minimum Gasteiger partial charge on any atom is -0.483 e. The predicted molar refractivity (Wildman–Crippen MR) is 76.0 cm³/mol. The lowest BCUT2D eigenvalue weighted by atomic mass is 10.0. The SMILES string of the molecule is CCC(N)Cc1cc(F)c(OC2CCS(=O)(=O)C2)c(F)c1. The van der Waals surface area contributed by atoms with Crippen molar-refractivity contribution in [2.45, 2.75) is 38.3 Å². The lowest BCUT2D eigenvalue weighted by Crippen LogP contribution is -2.22. The van der Waals surface area contributed by atoms with E-state index in [1.54, 1.807) is 0 Å². The van der Waals surface area contributed by atoms with Gasteiger partial charge < -0.3 is 10.5 Å². The van der Waals surface area contributed by atoms with Gasteiger partial charge in [0.2, 0.25) is 0 Å². The molecule has 0 aromatic heterocycles. The molecule has 118 valence electrons. The summed E-state index contributed by atoms with van der Waals surface area (Å²) in [6.45, 7) is 1.90. The Kier molecular flexibility index (Phi) is 4.83. The van der Waals surface area contributed by atoms with E-state index < -0.39 is 33.3 Å². The summed E-state index contributed by atoms with van der Waals surface area (Å²) in [5.41, 5.74) is 6.23. The maximum atomic E-state index is 14.0. The van der Waals surface area contributed by atoms with Crippen LogP contribution < -0.4 is 10.5 Å². The average molecular weight is 319 g/mol. The Morgan fingerprint density at radius 1 is 1.38 bits per heavy atom. The van der Waals surface area contributed by atoms with Gasteiger partial charge in [-0.3, -0.25) is 0 Å². The molecule has 4 nitrogen and oxygen atoms in total. The normalized spacial score (nSPS) is 22.2.